The van der Waals surface area contributed by atoms with Crippen LogP contribution in [0.4, 0.5) is 5.69 Å². The van der Waals surface area contributed by atoms with Crippen LogP contribution in [0.3, 0.4) is 0 Å². The fourth-order valence-corrected chi connectivity index (χ4v) is 2.73. The SMILES string of the molecule is CCC1CC(Nc2ccccc2C)(C(=O)OC)CCO1. The molecule has 0 bridgehead atoms. The molecule has 1 aliphatic rings. The zero-order chi connectivity index (χ0) is 14.6. The largest absolute Gasteiger partial charge is 0.467 e. The van der Waals surface area contributed by atoms with Crippen molar-refractivity contribution in [3.8, 4) is 0 Å². The molecule has 4 nitrogen and oxygen atoms in total. The monoisotopic (exact) mass is 277 g/mol. The highest BCUT2D eigenvalue weighted by Crippen LogP contribution is 2.32. The predicted molar refractivity (Wildman–Crippen MR) is 78.8 cm³/mol. The summed E-state index contributed by atoms with van der Waals surface area (Å²) in [7, 11) is 1.44. The van der Waals surface area contributed by atoms with Crippen molar-refractivity contribution in [3.05, 3.63) is 29.8 Å². The first-order chi connectivity index (χ1) is 9.61. The third-order valence-electron chi connectivity index (χ3n) is 4.01. The second-order valence-corrected chi connectivity index (χ2v) is 5.37. The maximum absolute atomic E-state index is 12.3. The van der Waals surface area contributed by atoms with Crippen LogP contribution in [-0.4, -0.2) is 31.3 Å². The lowest BCUT2D eigenvalue weighted by Crippen LogP contribution is -2.53. The van der Waals surface area contributed by atoms with E-state index in [4.69, 9.17) is 9.47 Å². The smallest absolute Gasteiger partial charge is 0.331 e. The number of benzene rings is 1. The van der Waals surface area contributed by atoms with E-state index in [0.29, 0.717) is 19.4 Å². The maximum Gasteiger partial charge on any atom is 0.331 e. The van der Waals surface area contributed by atoms with Gasteiger partial charge in [-0.25, -0.2) is 4.79 Å². The molecule has 0 aliphatic carbocycles. The molecule has 1 aromatic carbocycles. The Hall–Kier alpha value is -1.55. The van der Waals surface area contributed by atoms with E-state index in [1.807, 2.05) is 31.2 Å². The first-order valence-electron chi connectivity index (χ1n) is 7.15. The minimum atomic E-state index is -0.681. The molecule has 1 N–H and O–H groups in total. The number of carbonyl (C=O) groups is 1. The normalized spacial score (nSPS) is 26.1. The summed E-state index contributed by atoms with van der Waals surface area (Å²) in [5.41, 5.74) is 1.42. The lowest BCUT2D eigenvalue weighted by molar-refractivity contribution is -0.151. The number of hydrogen-bond acceptors (Lipinski definition) is 4. The Bertz CT molecular complexity index is 475. The van der Waals surface area contributed by atoms with Crippen molar-refractivity contribution in [2.75, 3.05) is 19.0 Å². The highest BCUT2D eigenvalue weighted by Gasteiger charge is 2.44. The van der Waals surface area contributed by atoms with Gasteiger partial charge in [0.1, 0.15) is 5.54 Å². The minimum Gasteiger partial charge on any atom is -0.467 e. The van der Waals surface area contributed by atoms with Crippen molar-refractivity contribution in [1.29, 1.82) is 0 Å². The summed E-state index contributed by atoms with van der Waals surface area (Å²) in [4.78, 5) is 12.3. The number of para-hydroxylation sites is 1. The number of aryl methyl sites for hydroxylation is 1. The first-order valence-corrected chi connectivity index (χ1v) is 7.15. The highest BCUT2D eigenvalue weighted by molar-refractivity contribution is 5.85. The summed E-state index contributed by atoms with van der Waals surface area (Å²) in [5, 5.41) is 3.42. The van der Waals surface area contributed by atoms with Crippen LogP contribution in [0.5, 0.6) is 0 Å². The van der Waals surface area contributed by atoms with Gasteiger partial charge in [0.25, 0.3) is 0 Å². The summed E-state index contributed by atoms with van der Waals surface area (Å²) in [5.74, 6) is -0.206. The lowest BCUT2D eigenvalue weighted by atomic mass is 9.85. The average Bonchev–Trinajstić information content (AvgIpc) is 2.49. The Morgan fingerprint density at radius 3 is 2.90 bits per heavy atom. The van der Waals surface area contributed by atoms with Crippen molar-refractivity contribution in [1.82, 2.24) is 0 Å². The van der Waals surface area contributed by atoms with Gasteiger partial charge in [0.2, 0.25) is 0 Å². The number of hydrogen-bond donors (Lipinski definition) is 1. The quantitative estimate of drug-likeness (QED) is 0.860. The van der Waals surface area contributed by atoms with Gasteiger partial charge in [-0.3, -0.25) is 0 Å². The summed E-state index contributed by atoms with van der Waals surface area (Å²) in [6, 6.07) is 7.99. The van der Waals surface area contributed by atoms with Crippen molar-refractivity contribution < 1.29 is 14.3 Å². The molecular formula is C16H23NO3. The fourth-order valence-electron chi connectivity index (χ4n) is 2.73. The van der Waals surface area contributed by atoms with Crippen LogP contribution >= 0.6 is 0 Å². The number of anilines is 1. The molecule has 1 aromatic rings. The van der Waals surface area contributed by atoms with Crippen molar-refractivity contribution >= 4 is 11.7 Å². The van der Waals surface area contributed by atoms with Gasteiger partial charge in [0.05, 0.1) is 13.2 Å². The van der Waals surface area contributed by atoms with Crippen LogP contribution in [0.15, 0.2) is 24.3 Å². The minimum absolute atomic E-state index is 0.0966. The zero-order valence-corrected chi connectivity index (χ0v) is 12.4. The average molecular weight is 277 g/mol. The van der Waals surface area contributed by atoms with E-state index in [1.165, 1.54) is 7.11 Å². The van der Waals surface area contributed by atoms with E-state index in [2.05, 4.69) is 12.2 Å². The van der Waals surface area contributed by atoms with Gasteiger partial charge in [-0.05, 0) is 25.0 Å². The van der Waals surface area contributed by atoms with Gasteiger partial charge >= 0.3 is 5.97 Å². The molecule has 2 atom stereocenters. The number of esters is 1. The highest BCUT2D eigenvalue weighted by atomic mass is 16.5. The van der Waals surface area contributed by atoms with Crippen molar-refractivity contribution in [3.63, 3.8) is 0 Å². The van der Waals surface area contributed by atoms with Crippen LogP contribution in [-0.2, 0) is 14.3 Å². The number of nitrogens with one attached hydrogen (secondary N) is 1. The number of rotatable bonds is 4. The van der Waals surface area contributed by atoms with Crippen LogP contribution in [0, 0.1) is 6.92 Å². The molecule has 2 rings (SSSR count). The van der Waals surface area contributed by atoms with E-state index >= 15 is 0 Å². The van der Waals surface area contributed by atoms with Gasteiger partial charge in [-0.15, -0.1) is 0 Å². The Kier molecular flexibility index (Phi) is 4.65. The molecule has 1 aliphatic heterocycles. The van der Waals surface area contributed by atoms with Crippen molar-refractivity contribution in [2.45, 2.75) is 44.8 Å². The van der Waals surface area contributed by atoms with E-state index in [0.717, 1.165) is 17.7 Å². The molecule has 0 spiro atoms. The Labute approximate surface area is 120 Å². The van der Waals surface area contributed by atoms with E-state index < -0.39 is 5.54 Å². The first kappa shape index (κ1) is 14.9. The van der Waals surface area contributed by atoms with E-state index in [9.17, 15) is 4.79 Å². The molecule has 0 saturated carbocycles. The third kappa shape index (κ3) is 2.96. The van der Waals surface area contributed by atoms with Gasteiger partial charge in [-0.2, -0.15) is 0 Å². The topological polar surface area (TPSA) is 47.6 Å². The fraction of sp³-hybridized carbons (Fsp3) is 0.562. The number of methoxy groups -OCH3 is 1. The van der Waals surface area contributed by atoms with Gasteiger partial charge in [-0.1, -0.05) is 25.1 Å². The molecule has 0 amide bonds. The van der Waals surface area contributed by atoms with Crippen LogP contribution < -0.4 is 5.32 Å². The zero-order valence-electron chi connectivity index (χ0n) is 12.4. The molecule has 0 aromatic heterocycles. The Balaban J connectivity index is 2.28. The molecule has 20 heavy (non-hydrogen) atoms. The molecular weight excluding hydrogens is 254 g/mol. The van der Waals surface area contributed by atoms with Gasteiger partial charge < -0.3 is 14.8 Å². The standard InChI is InChI=1S/C16H23NO3/c1-4-13-11-16(9-10-20-13,15(18)19-3)17-14-8-6-5-7-12(14)2/h5-8,13,17H,4,9-11H2,1-3H3. The summed E-state index contributed by atoms with van der Waals surface area (Å²) < 4.78 is 10.7. The molecule has 4 heteroatoms. The molecule has 1 fully saturated rings. The van der Waals surface area contributed by atoms with E-state index in [1.54, 1.807) is 0 Å². The Morgan fingerprint density at radius 1 is 1.50 bits per heavy atom. The Morgan fingerprint density at radius 2 is 2.25 bits per heavy atom. The van der Waals surface area contributed by atoms with E-state index in [-0.39, 0.29) is 12.1 Å². The second-order valence-electron chi connectivity index (χ2n) is 5.37. The third-order valence-corrected chi connectivity index (χ3v) is 4.01. The summed E-state index contributed by atoms with van der Waals surface area (Å²) in [6.45, 7) is 4.68. The number of ether oxygens (including phenoxy) is 2. The lowest BCUT2D eigenvalue weighted by Gasteiger charge is -2.40. The summed E-state index contributed by atoms with van der Waals surface area (Å²) in [6.07, 6.45) is 2.27. The molecule has 1 saturated heterocycles. The molecule has 110 valence electrons. The van der Waals surface area contributed by atoms with Crippen LogP contribution in [0.1, 0.15) is 31.7 Å². The molecule has 2 unspecified atom stereocenters. The maximum atomic E-state index is 12.3. The summed E-state index contributed by atoms with van der Waals surface area (Å²) >= 11 is 0. The molecule has 1 heterocycles. The predicted octanol–water partition coefficient (Wildman–Crippen LogP) is 2.91. The van der Waals surface area contributed by atoms with Crippen LogP contribution in [0.25, 0.3) is 0 Å². The van der Waals surface area contributed by atoms with Gasteiger partial charge in [0.15, 0.2) is 0 Å². The number of carbonyl (C=O) groups excluding carboxylic acids is 1. The van der Waals surface area contributed by atoms with Gasteiger partial charge in [0, 0.05) is 25.1 Å². The van der Waals surface area contributed by atoms with Crippen LogP contribution in [0.2, 0.25) is 0 Å². The molecule has 0 radical (unpaired) electrons. The van der Waals surface area contributed by atoms with Crippen molar-refractivity contribution in [2.24, 2.45) is 0 Å². The second kappa shape index (κ2) is 6.27.